The van der Waals surface area contributed by atoms with E-state index in [1.165, 1.54) is 5.69 Å². The summed E-state index contributed by atoms with van der Waals surface area (Å²) >= 11 is 0. The summed E-state index contributed by atoms with van der Waals surface area (Å²) in [6, 6.07) is 7.64. The van der Waals surface area contributed by atoms with Gasteiger partial charge < -0.3 is 20.7 Å². The van der Waals surface area contributed by atoms with Crippen LogP contribution in [0.3, 0.4) is 0 Å². The van der Waals surface area contributed by atoms with Crippen LogP contribution in [0.5, 0.6) is 5.75 Å². The molecule has 3 N–H and O–H groups in total. The molecule has 1 aromatic carbocycles. The Morgan fingerprint density at radius 1 is 1.60 bits per heavy atom. The molecule has 0 aromatic heterocycles. The number of benzene rings is 1. The van der Waals surface area contributed by atoms with Gasteiger partial charge in [-0.3, -0.25) is 4.79 Å². The number of anilines is 1. The number of carbonyl (C=O) groups excluding carboxylic acids is 1. The summed E-state index contributed by atoms with van der Waals surface area (Å²) in [5.41, 5.74) is 6.71. The van der Waals surface area contributed by atoms with Crippen molar-refractivity contribution in [2.24, 2.45) is 11.7 Å². The average molecular weight is 277 g/mol. The Labute approximate surface area is 120 Å². The third-order valence-corrected chi connectivity index (χ3v) is 3.68. The average Bonchev–Trinajstić information content (AvgIpc) is 2.93. The molecule has 110 valence electrons. The number of nitrogens with zero attached hydrogens (tertiary/aromatic N) is 1. The lowest BCUT2D eigenvalue weighted by Crippen LogP contribution is -2.40. The zero-order valence-corrected chi connectivity index (χ0v) is 12.1. The number of ether oxygens (including phenoxy) is 1. The van der Waals surface area contributed by atoms with Crippen LogP contribution in [-0.4, -0.2) is 38.7 Å². The van der Waals surface area contributed by atoms with Gasteiger partial charge in [-0.15, -0.1) is 0 Å². The summed E-state index contributed by atoms with van der Waals surface area (Å²) in [7, 11) is 1.68. The van der Waals surface area contributed by atoms with Crippen LogP contribution in [0.15, 0.2) is 24.3 Å². The molecular formula is C15H23N3O2. The molecule has 0 radical (unpaired) electrons. The summed E-state index contributed by atoms with van der Waals surface area (Å²) in [5, 5.41) is 2.90. The van der Waals surface area contributed by atoms with Crippen LogP contribution in [0.25, 0.3) is 0 Å². The Kier molecular flexibility index (Phi) is 4.84. The highest BCUT2D eigenvalue weighted by molar-refractivity contribution is 5.80. The van der Waals surface area contributed by atoms with Crippen molar-refractivity contribution in [1.29, 1.82) is 0 Å². The quantitative estimate of drug-likeness (QED) is 0.842. The Bertz CT molecular complexity index is 462. The van der Waals surface area contributed by atoms with Gasteiger partial charge in [-0.05, 0) is 31.4 Å². The first kappa shape index (κ1) is 14.7. The number of amides is 1. The molecule has 0 spiro atoms. The fourth-order valence-electron chi connectivity index (χ4n) is 2.45. The zero-order chi connectivity index (χ0) is 14.5. The molecule has 1 fully saturated rings. The van der Waals surface area contributed by atoms with Crippen LogP contribution in [0.1, 0.15) is 13.3 Å². The number of rotatable bonds is 5. The van der Waals surface area contributed by atoms with Crippen LogP contribution in [0.2, 0.25) is 0 Å². The van der Waals surface area contributed by atoms with Gasteiger partial charge in [0.1, 0.15) is 5.75 Å². The lowest BCUT2D eigenvalue weighted by Gasteiger charge is -2.19. The zero-order valence-electron chi connectivity index (χ0n) is 12.1. The van der Waals surface area contributed by atoms with E-state index < -0.39 is 6.04 Å². The third kappa shape index (κ3) is 3.63. The molecule has 5 heteroatoms. The number of carbonyl (C=O) groups is 1. The SMILES string of the molecule is COc1cccc(N2CCC(CNC(=O)C(C)N)C2)c1. The topological polar surface area (TPSA) is 67.6 Å². The molecule has 0 saturated carbocycles. The van der Waals surface area contributed by atoms with Gasteiger partial charge in [0, 0.05) is 31.4 Å². The van der Waals surface area contributed by atoms with Gasteiger partial charge >= 0.3 is 0 Å². The highest BCUT2D eigenvalue weighted by atomic mass is 16.5. The number of nitrogens with one attached hydrogen (secondary N) is 1. The van der Waals surface area contributed by atoms with E-state index in [0.717, 1.165) is 25.3 Å². The van der Waals surface area contributed by atoms with Gasteiger partial charge in [0.15, 0.2) is 0 Å². The predicted molar refractivity (Wildman–Crippen MR) is 80.0 cm³/mol. The van der Waals surface area contributed by atoms with Gasteiger partial charge in [-0.1, -0.05) is 6.07 Å². The van der Waals surface area contributed by atoms with E-state index in [2.05, 4.69) is 16.3 Å². The summed E-state index contributed by atoms with van der Waals surface area (Å²) in [4.78, 5) is 13.8. The van der Waals surface area contributed by atoms with Crippen LogP contribution < -0.4 is 20.7 Å². The second-order valence-electron chi connectivity index (χ2n) is 5.34. The fraction of sp³-hybridized carbons (Fsp3) is 0.533. The minimum Gasteiger partial charge on any atom is -0.497 e. The Hall–Kier alpha value is -1.75. The van der Waals surface area contributed by atoms with Crippen molar-refractivity contribution in [3.05, 3.63) is 24.3 Å². The predicted octanol–water partition coefficient (Wildman–Crippen LogP) is 0.985. The van der Waals surface area contributed by atoms with E-state index in [1.807, 2.05) is 18.2 Å². The van der Waals surface area contributed by atoms with Gasteiger partial charge in [-0.25, -0.2) is 0 Å². The van der Waals surface area contributed by atoms with Crippen molar-refractivity contribution in [3.63, 3.8) is 0 Å². The largest absolute Gasteiger partial charge is 0.497 e. The molecule has 5 nitrogen and oxygen atoms in total. The van der Waals surface area contributed by atoms with Crippen LogP contribution >= 0.6 is 0 Å². The Morgan fingerprint density at radius 2 is 2.40 bits per heavy atom. The highest BCUT2D eigenvalue weighted by Gasteiger charge is 2.23. The molecule has 2 unspecified atom stereocenters. The van der Waals surface area contributed by atoms with Crippen molar-refractivity contribution in [3.8, 4) is 5.75 Å². The van der Waals surface area contributed by atoms with Gasteiger partial charge in [-0.2, -0.15) is 0 Å². The van der Waals surface area contributed by atoms with Crippen LogP contribution in [0.4, 0.5) is 5.69 Å². The van der Waals surface area contributed by atoms with E-state index in [4.69, 9.17) is 10.5 Å². The van der Waals surface area contributed by atoms with Crippen molar-refractivity contribution in [1.82, 2.24) is 5.32 Å². The molecule has 1 heterocycles. The molecule has 1 aromatic rings. The fourth-order valence-corrected chi connectivity index (χ4v) is 2.45. The molecule has 20 heavy (non-hydrogen) atoms. The van der Waals surface area contributed by atoms with Crippen LogP contribution in [-0.2, 0) is 4.79 Å². The maximum atomic E-state index is 11.5. The summed E-state index contributed by atoms with van der Waals surface area (Å²) in [6.07, 6.45) is 1.08. The number of nitrogens with two attached hydrogens (primary N) is 1. The lowest BCUT2D eigenvalue weighted by molar-refractivity contribution is -0.122. The van der Waals surface area contributed by atoms with E-state index >= 15 is 0 Å². The van der Waals surface area contributed by atoms with E-state index in [9.17, 15) is 4.79 Å². The minimum absolute atomic E-state index is 0.0789. The van der Waals surface area contributed by atoms with Gasteiger partial charge in [0.2, 0.25) is 5.91 Å². The molecule has 1 amide bonds. The number of hydrogen-bond acceptors (Lipinski definition) is 4. The van der Waals surface area contributed by atoms with E-state index in [-0.39, 0.29) is 5.91 Å². The molecule has 1 aliphatic heterocycles. The maximum Gasteiger partial charge on any atom is 0.236 e. The number of hydrogen-bond donors (Lipinski definition) is 2. The van der Waals surface area contributed by atoms with Crippen molar-refractivity contribution in [2.45, 2.75) is 19.4 Å². The summed E-state index contributed by atoms with van der Waals surface area (Å²) in [5.74, 6) is 1.27. The van der Waals surface area contributed by atoms with Crippen molar-refractivity contribution < 1.29 is 9.53 Å². The molecule has 2 rings (SSSR count). The molecule has 1 aliphatic rings. The second-order valence-corrected chi connectivity index (χ2v) is 5.34. The maximum absolute atomic E-state index is 11.5. The standard InChI is InChI=1S/C15H23N3O2/c1-11(16)15(19)17-9-12-6-7-18(10-12)13-4-3-5-14(8-13)20-2/h3-5,8,11-12H,6-7,9-10,16H2,1-2H3,(H,17,19). The number of methoxy groups -OCH3 is 1. The Morgan fingerprint density at radius 3 is 3.10 bits per heavy atom. The van der Waals surface area contributed by atoms with Gasteiger partial charge in [0.25, 0.3) is 0 Å². The normalized spacial score (nSPS) is 19.8. The smallest absolute Gasteiger partial charge is 0.236 e. The second kappa shape index (κ2) is 6.61. The first-order chi connectivity index (χ1) is 9.60. The Balaban J connectivity index is 1.87. The molecule has 0 bridgehead atoms. The first-order valence-electron chi connectivity index (χ1n) is 7.02. The lowest BCUT2D eigenvalue weighted by atomic mass is 10.1. The third-order valence-electron chi connectivity index (χ3n) is 3.68. The van der Waals surface area contributed by atoms with Crippen molar-refractivity contribution >= 4 is 11.6 Å². The highest BCUT2D eigenvalue weighted by Crippen LogP contribution is 2.26. The van der Waals surface area contributed by atoms with Crippen molar-refractivity contribution in [2.75, 3.05) is 31.6 Å². The minimum atomic E-state index is -0.439. The first-order valence-corrected chi connectivity index (χ1v) is 7.02. The molecular weight excluding hydrogens is 254 g/mol. The monoisotopic (exact) mass is 277 g/mol. The molecule has 1 saturated heterocycles. The summed E-state index contributed by atoms with van der Waals surface area (Å²) in [6.45, 7) is 4.35. The van der Waals surface area contributed by atoms with Gasteiger partial charge in [0.05, 0.1) is 13.2 Å². The molecule has 2 atom stereocenters. The van der Waals surface area contributed by atoms with Crippen LogP contribution in [0, 0.1) is 5.92 Å². The van der Waals surface area contributed by atoms with E-state index in [0.29, 0.717) is 12.5 Å². The molecule has 0 aliphatic carbocycles. The summed E-state index contributed by atoms with van der Waals surface area (Å²) < 4.78 is 5.25. The van der Waals surface area contributed by atoms with E-state index in [1.54, 1.807) is 14.0 Å².